The maximum absolute atomic E-state index is 11.3. The fraction of sp³-hybridized carbons (Fsp3) is 0.556. The third-order valence-corrected chi connectivity index (χ3v) is 4.80. The molecule has 0 saturated heterocycles. The van der Waals surface area contributed by atoms with Crippen LogP contribution in [0.5, 0.6) is 0 Å². The van der Waals surface area contributed by atoms with Gasteiger partial charge in [0.15, 0.2) is 9.84 Å². The van der Waals surface area contributed by atoms with Crippen LogP contribution in [-0.4, -0.2) is 30.2 Å². The van der Waals surface area contributed by atoms with Crippen molar-refractivity contribution < 1.29 is 18.3 Å². The molecule has 0 aliphatic carbocycles. The number of hydrogen-bond donors (Lipinski definition) is 1. The van der Waals surface area contributed by atoms with Crippen LogP contribution in [0.15, 0.2) is 6.20 Å². The molecule has 0 bridgehead atoms. The lowest BCUT2D eigenvalue weighted by Crippen LogP contribution is -2.05. The number of aryl methyl sites for hydroxylation is 1. The first kappa shape index (κ1) is 13.1. The van der Waals surface area contributed by atoms with Crippen molar-refractivity contribution in [1.29, 1.82) is 0 Å². The number of sulfone groups is 1. The summed E-state index contributed by atoms with van der Waals surface area (Å²) in [5.74, 6) is -0.825. The Morgan fingerprint density at radius 1 is 1.56 bits per heavy atom. The zero-order chi connectivity index (χ0) is 12.2. The second-order valence-corrected chi connectivity index (χ2v) is 6.84. The minimum atomic E-state index is -3.06. The molecule has 1 rings (SSSR count). The summed E-state index contributed by atoms with van der Waals surface area (Å²) in [5.41, 5.74) is 0. The maximum atomic E-state index is 11.3. The first-order valence-corrected chi connectivity index (χ1v) is 7.42. The van der Waals surface area contributed by atoms with Gasteiger partial charge in [-0.2, -0.15) is 0 Å². The summed E-state index contributed by atoms with van der Waals surface area (Å²) in [5, 5.41) is 9.02. The quantitative estimate of drug-likeness (QED) is 0.830. The SMILES string of the molecule is CCS(=O)(=O)Cc1ncc(CCC(=O)O)s1. The number of carboxylic acid groups (broad SMARTS) is 1. The lowest BCUT2D eigenvalue weighted by atomic mass is 10.3. The van der Waals surface area contributed by atoms with E-state index in [9.17, 15) is 13.2 Å². The molecule has 90 valence electrons. The van der Waals surface area contributed by atoms with Gasteiger partial charge in [0, 0.05) is 16.8 Å². The average Bonchev–Trinajstić information content (AvgIpc) is 2.62. The Morgan fingerprint density at radius 2 is 2.25 bits per heavy atom. The molecule has 1 N–H and O–H groups in total. The van der Waals surface area contributed by atoms with Gasteiger partial charge in [-0.25, -0.2) is 13.4 Å². The molecular weight excluding hydrogens is 250 g/mol. The van der Waals surface area contributed by atoms with Crippen molar-refractivity contribution in [1.82, 2.24) is 4.98 Å². The van der Waals surface area contributed by atoms with Crippen LogP contribution in [-0.2, 0) is 26.8 Å². The Balaban J connectivity index is 2.62. The Labute approximate surface area is 98.1 Å². The van der Waals surface area contributed by atoms with E-state index < -0.39 is 15.8 Å². The molecule has 16 heavy (non-hydrogen) atoms. The number of hydrogen-bond acceptors (Lipinski definition) is 5. The number of rotatable bonds is 6. The molecule has 1 aromatic heterocycles. The molecule has 7 heteroatoms. The molecule has 5 nitrogen and oxygen atoms in total. The van der Waals surface area contributed by atoms with Crippen LogP contribution in [0.4, 0.5) is 0 Å². The topological polar surface area (TPSA) is 84.3 Å². The zero-order valence-corrected chi connectivity index (χ0v) is 10.5. The van der Waals surface area contributed by atoms with Crippen molar-refractivity contribution in [2.45, 2.75) is 25.5 Å². The highest BCUT2D eigenvalue weighted by Gasteiger charge is 2.12. The Bertz CT molecular complexity index is 464. The minimum absolute atomic E-state index is 0.0438. The fourth-order valence-corrected chi connectivity index (χ4v) is 3.20. The van der Waals surface area contributed by atoms with E-state index in [4.69, 9.17) is 5.11 Å². The van der Waals surface area contributed by atoms with Crippen molar-refractivity contribution in [2.75, 3.05) is 5.75 Å². The van der Waals surface area contributed by atoms with E-state index in [-0.39, 0.29) is 17.9 Å². The van der Waals surface area contributed by atoms with E-state index >= 15 is 0 Å². The van der Waals surface area contributed by atoms with Gasteiger partial charge in [0.2, 0.25) is 0 Å². The lowest BCUT2D eigenvalue weighted by Gasteiger charge is -1.95. The summed E-state index contributed by atoms with van der Waals surface area (Å²) >= 11 is 1.26. The molecule has 0 aliphatic heterocycles. The molecule has 0 amide bonds. The monoisotopic (exact) mass is 263 g/mol. The first-order chi connectivity index (χ1) is 7.43. The van der Waals surface area contributed by atoms with E-state index in [1.54, 1.807) is 13.1 Å². The van der Waals surface area contributed by atoms with Crippen LogP contribution in [0.25, 0.3) is 0 Å². The van der Waals surface area contributed by atoms with Crippen LogP contribution in [0, 0.1) is 0 Å². The van der Waals surface area contributed by atoms with E-state index in [2.05, 4.69) is 4.98 Å². The van der Waals surface area contributed by atoms with Crippen molar-refractivity contribution in [2.24, 2.45) is 0 Å². The lowest BCUT2D eigenvalue weighted by molar-refractivity contribution is -0.136. The molecule has 0 unspecified atom stereocenters. The molecule has 0 fully saturated rings. The first-order valence-electron chi connectivity index (χ1n) is 4.78. The van der Waals surface area contributed by atoms with Crippen molar-refractivity contribution >= 4 is 27.1 Å². The van der Waals surface area contributed by atoms with Gasteiger partial charge in [0.25, 0.3) is 0 Å². The molecule has 1 heterocycles. The number of aromatic nitrogens is 1. The highest BCUT2D eigenvalue weighted by Crippen LogP contribution is 2.17. The summed E-state index contributed by atoms with van der Waals surface area (Å²) in [6.45, 7) is 1.59. The maximum Gasteiger partial charge on any atom is 0.303 e. The Kier molecular flexibility index (Phi) is 4.43. The van der Waals surface area contributed by atoms with E-state index in [1.807, 2.05) is 0 Å². The van der Waals surface area contributed by atoms with Gasteiger partial charge in [-0.1, -0.05) is 6.92 Å². The molecule has 1 aromatic rings. The average molecular weight is 263 g/mol. The second kappa shape index (κ2) is 5.40. The standard InChI is InChI=1S/C9H13NO4S2/c1-2-16(13,14)6-8-10-5-7(15-8)3-4-9(11)12/h5H,2-4,6H2,1H3,(H,11,12). The van der Waals surface area contributed by atoms with Crippen LogP contribution in [0.3, 0.4) is 0 Å². The smallest absolute Gasteiger partial charge is 0.303 e. The van der Waals surface area contributed by atoms with Crippen LogP contribution in [0.1, 0.15) is 23.2 Å². The van der Waals surface area contributed by atoms with E-state index in [0.29, 0.717) is 11.4 Å². The summed E-state index contributed by atoms with van der Waals surface area (Å²) in [7, 11) is -3.06. The molecule has 0 atom stereocenters. The summed E-state index contributed by atoms with van der Waals surface area (Å²) in [6, 6.07) is 0. The number of carbonyl (C=O) groups is 1. The van der Waals surface area contributed by atoms with Gasteiger partial charge in [-0.3, -0.25) is 4.79 Å². The van der Waals surface area contributed by atoms with Crippen molar-refractivity contribution in [3.8, 4) is 0 Å². The van der Waals surface area contributed by atoms with Gasteiger partial charge in [0.05, 0.1) is 6.42 Å². The van der Waals surface area contributed by atoms with Gasteiger partial charge >= 0.3 is 5.97 Å². The van der Waals surface area contributed by atoms with Crippen molar-refractivity contribution in [3.05, 3.63) is 16.1 Å². The third kappa shape index (κ3) is 4.28. The summed E-state index contributed by atoms with van der Waals surface area (Å²) in [4.78, 5) is 15.1. The Hall–Kier alpha value is -0.950. The predicted molar refractivity (Wildman–Crippen MR) is 61.2 cm³/mol. The van der Waals surface area contributed by atoms with Crippen LogP contribution in [0.2, 0.25) is 0 Å². The third-order valence-electron chi connectivity index (χ3n) is 1.97. The molecule has 0 radical (unpaired) electrons. The second-order valence-electron chi connectivity index (χ2n) is 3.29. The normalized spacial score (nSPS) is 11.6. The molecular formula is C9H13NO4S2. The van der Waals surface area contributed by atoms with E-state index in [0.717, 1.165) is 4.88 Å². The predicted octanol–water partition coefficient (Wildman–Crippen LogP) is 1.10. The molecule has 0 spiro atoms. The fourth-order valence-electron chi connectivity index (χ4n) is 1.05. The van der Waals surface area contributed by atoms with Crippen LogP contribution < -0.4 is 0 Å². The zero-order valence-electron chi connectivity index (χ0n) is 8.84. The summed E-state index contributed by atoms with van der Waals surface area (Å²) < 4.78 is 22.6. The van der Waals surface area contributed by atoms with Gasteiger partial charge in [-0.05, 0) is 6.42 Å². The van der Waals surface area contributed by atoms with E-state index in [1.165, 1.54) is 11.3 Å². The minimum Gasteiger partial charge on any atom is -0.481 e. The highest BCUT2D eigenvalue weighted by molar-refractivity contribution is 7.90. The van der Waals surface area contributed by atoms with Gasteiger partial charge in [-0.15, -0.1) is 11.3 Å². The number of carboxylic acids is 1. The van der Waals surface area contributed by atoms with Crippen LogP contribution >= 0.6 is 11.3 Å². The van der Waals surface area contributed by atoms with Gasteiger partial charge < -0.3 is 5.11 Å². The molecule has 0 aromatic carbocycles. The number of thiazole rings is 1. The summed E-state index contributed by atoms with van der Waals surface area (Å²) in [6.07, 6.45) is 2.00. The number of nitrogens with zero attached hydrogens (tertiary/aromatic N) is 1. The van der Waals surface area contributed by atoms with Gasteiger partial charge in [0.1, 0.15) is 10.8 Å². The Morgan fingerprint density at radius 3 is 2.81 bits per heavy atom. The van der Waals surface area contributed by atoms with Crippen molar-refractivity contribution in [3.63, 3.8) is 0 Å². The molecule has 0 saturated carbocycles. The molecule has 0 aliphatic rings. The number of aliphatic carboxylic acids is 1. The largest absolute Gasteiger partial charge is 0.481 e. The highest BCUT2D eigenvalue weighted by atomic mass is 32.2.